The van der Waals surface area contributed by atoms with Gasteiger partial charge in [0.05, 0.1) is 5.69 Å². The van der Waals surface area contributed by atoms with Crippen molar-refractivity contribution < 1.29 is 9.18 Å². The third-order valence-electron chi connectivity index (χ3n) is 4.77. The predicted molar refractivity (Wildman–Crippen MR) is 98.2 cm³/mol. The predicted octanol–water partition coefficient (Wildman–Crippen LogP) is 4.74. The third kappa shape index (κ3) is 2.95. The van der Waals surface area contributed by atoms with Gasteiger partial charge < -0.3 is 10.2 Å². The number of urea groups is 1. The lowest BCUT2D eigenvalue weighted by atomic mass is 10.0. The van der Waals surface area contributed by atoms with Crippen LogP contribution >= 0.6 is 0 Å². The van der Waals surface area contributed by atoms with Gasteiger partial charge in [0.15, 0.2) is 0 Å². The number of amides is 2. The summed E-state index contributed by atoms with van der Waals surface area (Å²) < 4.78 is 13.3. The van der Waals surface area contributed by atoms with Crippen molar-refractivity contribution in [2.45, 2.75) is 19.4 Å². The van der Waals surface area contributed by atoms with E-state index in [1.54, 1.807) is 18.0 Å². The minimum absolute atomic E-state index is 0.206. The summed E-state index contributed by atoms with van der Waals surface area (Å²) in [6, 6.07) is 16.4. The largest absolute Gasteiger partial charge is 0.323 e. The molecule has 4 rings (SSSR count). The highest BCUT2D eigenvalue weighted by molar-refractivity contribution is 6.04. The smallest absolute Gasteiger partial charge is 0.321 e. The molecule has 0 aliphatic heterocycles. The Morgan fingerprint density at radius 2 is 1.84 bits per heavy atom. The van der Waals surface area contributed by atoms with Crippen molar-refractivity contribution in [1.29, 1.82) is 0 Å². The van der Waals surface area contributed by atoms with E-state index in [9.17, 15) is 9.18 Å². The van der Waals surface area contributed by atoms with Gasteiger partial charge in [-0.25, -0.2) is 9.18 Å². The van der Waals surface area contributed by atoms with Crippen LogP contribution < -0.4 is 5.32 Å². The van der Waals surface area contributed by atoms with Gasteiger partial charge in [0.2, 0.25) is 0 Å². The van der Waals surface area contributed by atoms with Crippen LogP contribution in [0.1, 0.15) is 16.7 Å². The van der Waals surface area contributed by atoms with Crippen molar-refractivity contribution >= 4 is 22.5 Å². The summed E-state index contributed by atoms with van der Waals surface area (Å²) in [4.78, 5) is 14.1. The molecule has 1 aliphatic carbocycles. The summed E-state index contributed by atoms with van der Waals surface area (Å²) in [5.41, 5.74) is 4.27. The molecule has 1 aliphatic rings. The van der Waals surface area contributed by atoms with E-state index >= 15 is 0 Å². The van der Waals surface area contributed by atoms with Crippen LogP contribution in [-0.4, -0.2) is 18.0 Å². The number of hydrogen-bond donors (Lipinski definition) is 1. The van der Waals surface area contributed by atoms with Crippen LogP contribution in [0.2, 0.25) is 0 Å². The van der Waals surface area contributed by atoms with Crippen molar-refractivity contribution in [3.8, 4) is 0 Å². The average Bonchev–Trinajstić information content (AvgIpc) is 3.02. The molecule has 0 saturated carbocycles. The molecule has 2 amide bonds. The van der Waals surface area contributed by atoms with Gasteiger partial charge in [-0.1, -0.05) is 36.4 Å². The molecular formula is C21H19FN2O. The lowest BCUT2D eigenvalue weighted by Gasteiger charge is -2.19. The van der Waals surface area contributed by atoms with Gasteiger partial charge >= 0.3 is 6.03 Å². The Morgan fingerprint density at radius 1 is 1.08 bits per heavy atom. The van der Waals surface area contributed by atoms with Gasteiger partial charge in [0, 0.05) is 19.0 Å². The zero-order valence-electron chi connectivity index (χ0n) is 14.1. The van der Waals surface area contributed by atoms with E-state index in [4.69, 9.17) is 0 Å². The molecule has 0 saturated heterocycles. The Kier molecular flexibility index (Phi) is 3.88. The molecule has 0 atom stereocenters. The number of carbonyl (C=O) groups excluding carboxylic acids is 1. The zero-order chi connectivity index (χ0) is 17.4. The second-order valence-corrected chi connectivity index (χ2v) is 6.53. The average molecular weight is 334 g/mol. The first kappa shape index (κ1) is 15.6. The zero-order valence-corrected chi connectivity index (χ0v) is 14.1. The molecule has 0 heterocycles. The SMILES string of the molecule is CN(Cc1cccc(F)c1)C(=O)Nc1ccc2c3c(cccc13)CC2. The Balaban J connectivity index is 1.56. The molecule has 1 N–H and O–H groups in total. The lowest BCUT2D eigenvalue weighted by molar-refractivity contribution is 0.220. The molecule has 0 aromatic heterocycles. The van der Waals surface area contributed by atoms with E-state index in [1.807, 2.05) is 18.2 Å². The lowest BCUT2D eigenvalue weighted by Crippen LogP contribution is -2.30. The van der Waals surface area contributed by atoms with E-state index in [1.165, 1.54) is 28.6 Å². The van der Waals surface area contributed by atoms with Gasteiger partial charge in [0.25, 0.3) is 0 Å². The molecule has 3 nitrogen and oxygen atoms in total. The van der Waals surface area contributed by atoms with Gasteiger partial charge in [-0.05, 0) is 53.1 Å². The first-order valence-electron chi connectivity index (χ1n) is 8.42. The summed E-state index contributed by atoms with van der Waals surface area (Å²) in [6.45, 7) is 0.352. The van der Waals surface area contributed by atoms with Crippen molar-refractivity contribution in [3.63, 3.8) is 0 Å². The van der Waals surface area contributed by atoms with Crippen LogP contribution in [0.15, 0.2) is 54.6 Å². The van der Waals surface area contributed by atoms with Gasteiger partial charge in [0.1, 0.15) is 5.82 Å². The minimum atomic E-state index is -0.293. The Hall–Kier alpha value is -2.88. The van der Waals surface area contributed by atoms with Crippen LogP contribution in [0, 0.1) is 5.82 Å². The molecule has 0 unspecified atom stereocenters. The standard InChI is InChI=1S/C21H19FN2O/c1-24(13-14-4-2-6-17(22)12-14)21(25)23-19-11-10-16-9-8-15-5-3-7-18(19)20(15)16/h2-7,10-12H,8-9,13H2,1H3,(H,23,25). The maximum absolute atomic E-state index is 13.3. The highest BCUT2D eigenvalue weighted by Crippen LogP contribution is 2.35. The molecule has 3 aromatic rings. The molecule has 126 valence electrons. The van der Waals surface area contributed by atoms with Crippen LogP contribution in [0.5, 0.6) is 0 Å². The van der Waals surface area contributed by atoms with Crippen LogP contribution in [0.4, 0.5) is 14.9 Å². The van der Waals surface area contributed by atoms with Gasteiger partial charge in [-0.3, -0.25) is 0 Å². The highest BCUT2D eigenvalue weighted by atomic mass is 19.1. The Labute approximate surface area is 146 Å². The Morgan fingerprint density at radius 3 is 2.64 bits per heavy atom. The number of halogens is 1. The molecule has 3 aromatic carbocycles. The maximum Gasteiger partial charge on any atom is 0.321 e. The second-order valence-electron chi connectivity index (χ2n) is 6.53. The van der Waals surface area contributed by atoms with Crippen LogP contribution in [-0.2, 0) is 19.4 Å². The number of hydrogen-bond acceptors (Lipinski definition) is 1. The normalized spacial score (nSPS) is 12.4. The summed E-state index contributed by atoms with van der Waals surface area (Å²) in [7, 11) is 1.71. The molecule has 0 radical (unpaired) electrons. The minimum Gasteiger partial charge on any atom is -0.323 e. The fraction of sp³-hybridized carbons (Fsp3) is 0.190. The topological polar surface area (TPSA) is 32.3 Å². The quantitative estimate of drug-likeness (QED) is 0.737. The highest BCUT2D eigenvalue weighted by Gasteiger charge is 2.17. The number of carbonyl (C=O) groups is 1. The van der Waals surface area contributed by atoms with E-state index in [0.717, 1.165) is 29.5 Å². The first-order valence-corrected chi connectivity index (χ1v) is 8.42. The first-order chi connectivity index (χ1) is 12.1. The summed E-state index contributed by atoms with van der Waals surface area (Å²) in [5.74, 6) is -0.293. The van der Waals surface area contributed by atoms with Gasteiger partial charge in [-0.15, -0.1) is 0 Å². The number of nitrogens with zero attached hydrogens (tertiary/aromatic N) is 1. The molecule has 0 spiro atoms. The monoisotopic (exact) mass is 334 g/mol. The van der Waals surface area contributed by atoms with E-state index in [-0.39, 0.29) is 11.8 Å². The number of rotatable bonds is 3. The Bertz CT molecular complexity index is 957. The molecule has 4 heteroatoms. The second kappa shape index (κ2) is 6.20. The van der Waals surface area contributed by atoms with E-state index in [2.05, 4.69) is 23.5 Å². The third-order valence-corrected chi connectivity index (χ3v) is 4.77. The van der Waals surface area contributed by atoms with Crippen molar-refractivity contribution in [2.24, 2.45) is 0 Å². The molecule has 0 bridgehead atoms. The molecule has 0 fully saturated rings. The fourth-order valence-corrected chi connectivity index (χ4v) is 3.55. The molecule has 25 heavy (non-hydrogen) atoms. The summed E-state index contributed by atoms with van der Waals surface area (Å²) >= 11 is 0. The summed E-state index contributed by atoms with van der Waals surface area (Å²) in [5, 5.41) is 5.35. The molecular weight excluding hydrogens is 315 g/mol. The van der Waals surface area contributed by atoms with Crippen molar-refractivity contribution in [1.82, 2.24) is 4.90 Å². The van der Waals surface area contributed by atoms with Gasteiger partial charge in [-0.2, -0.15) is 0 Å². The van der Waals surface area contributed by atoms with E-state index < -0.39 is 0 Å². The van der Waals surface area contributed by atoms with Crippen molar-refractivity contribution in [2.75, 3.05) is 12.4 Å². The number of aryl methyl sites for hydroxylation is 2. The van der Waals surface area contributed by atoms with Crippen LogP contribution in [0.3, 0.4) is 0 Å². The summed E-state index contributed by atoms with van der Waals surface area (Å²) in [6.07, 6.45) is 2.12. The fourth-order valence-electron chi connectivity index (χ4n) is 3.55. The number of benzene rings is 3. The maximum atomic E-state index is 13.3. The number of anilines is 1. The van der Waals surface area contributed by atoms with Crippen molar-refractivity contribution in [3.05, 3.63) is 77.1 Å². The van der Waals surface area contributed by atoms with E-state index in [0.29, 0.717) is 6.54 Å². The van der Waals surface area contributed by atoms with Crippen LogP contribution in [0.25, 0.3) is 10.8 Å². The number of nitrogens with one attached hydrogen (secondary N) is 1.